The SMILES string of the molecule is CCOC(=O)c1cn(C(C)(C)C)nc1CCl. The van der Waals surface area contributed by atoms with E-state index in [2.05, 4.69) is 5.10 Å². The van der Waals surface area contributed by atoms with Crippen molar-refractivity contribution in [2.24, 2.45) is 0 Å². The van der Waals surface area contributed by atoms with E-state index in [0.717, 1.165) is 0 Å². The Bertz CT molecular complexity index is 380. The molecule has 0 aliphatic carbocycles. The number of aromatic nitrogens is 2. The van der Waals surface area contributed by atoms with Crippen molar-refractivity contribution in [1.29, 1.82) is 0 Å². The quantitative estimate of drug-likeness (QED) is 0.606. The largest absolute Gasteiger partial charge is 0.462 e. The fraction of sp³-hybridized carbons (Fsp3) is 0.636. The highest BCUT2D eigenvalue weighted by Crippen LogP contribution is 2.18. The molecule has 0 unspecified atom stereocenters. The van der Waals surface area contributed by atoms with Gasteiger partial charge in [0.1, 0.15) is 5.56 Å². The molecule has 90 valence electrons. The number of alkyl halides is 1. The molecule has 0 fully saturated rings. The Morgan fingerprint density at radius 2 is 2.19 bits per heavy atom. The van der Waals surface area contributed by atoms with Gasteiger partial charge >= 0.3 is 5.97 Å². The minimum absolute atomic E-state index is 0.175. The van der Waals surface area contributed by atoms with E-state index in [0.29, 0.717) is 17.9 Å². The molecular weight excluding hydrogens is 228 g/mol. The van der Waals surface area contributed by atoms with E-state index < -0.39 is 0 Å². The summed E-state index contributed by atoms with van der Waals surface area (Å²) in [5.41, 5.74) is 0.841. The van der Waals surface area contributed by atoms with E-state index in [4.69, 9.17) is 16.3 Å². The Morgan fingerprint density at radius 1 is 1.56 bits per heavy atom. The predicted molar refractivity (Wildman–Crippen MR) is 62.7 cm³/mol. The molecule has 0 N–H and O–H groups in total. The van der Waals surface area contributed by atoms with Gasteiger partial charge in [-0.15, -0.1) is 11.6 Å². The highest BCUT2D eigenvalue weighted by atomic mass is 35.5. The molecule has 5 heteroatoms. The Kier molecular flexibility index (Phi) is 3.97. The Morgan fingerprint density at radius 3 is 2.62 bits per heavy atom. The molecule has 1 rings (SSSR count). The van der Waals surface area contributed by atoms with Crippen LogP contribution >= 0.6 is 11.6 Å². The first-order valence-electron chi connectivity index (χ1n) is 5.22. The van der Waals surface area contributed by atoms with Crippen molar-refractivity contribution in [3.8, 4) is 0 Å². The summed E-state index contributed by atoms with van der Waals surface area (Å²) >= 11 is 5.76. The van der Waals surface area contributed by atoms with Crippen LogP contribution in [0.25, 0.3) is 0 Å². The first kappa shape index (κ1) is 13.0. The maximum atomic E-state index is 11.6. The Labute approximate surface area is 101 Å². The molecule has 0 spiro atoms. The van der Waals surface area contributed by atoms with Crippen molar-refractivity contribution >= 4 is 17.6 Å². The summed E-state index contributed by atoms with van der Waals surface area (Å²) in [7, 11) is 0. The number of ether oxygens (including phenoxy) is 1. The molecule has 0 aromatic carbocycles. The minimum atomic E-state index is -0.367. The molecule has 16 heavy (non-hydrogen) atoms. The van der Waals surface area contributed by atoms with Gasteiger partial charge in [-0.25, -0.2) is 4.79 Å². The van der Waals surface area contributed by atoms with Gasteiger partial charge in [-0.2, -0.15) is 5.10 Å². The van der Waals surface area contributed by atoms with Crippen LogP contribution in [-0.4, -0.2) is 22.4 Å². The monoisotopic (exact) mass is 244 g/mol. The first-order valence-corrected chi connectivity index (χ1v) is 5.75. The van der Waals surface area contributed by atoms with Gasteiger partial charge in [0.15, 0.2) is 0 Å². The van der Waals surface area contributed by atoms with E-state index >= 15 is 0 Å². The zero-order chi connectivity index (χ0) is 12.3. The molecule has 0 bridgehead atoms. The van der Waals surface area contributed by atoms with Crippen molar-refractivity contribution in [2.75, 3.05) is 6.61 Å². The molecule has 1 aromatic heterocycles. The minimum Gasteiger partial charge on any atom is -0.462 e. The summed E-state index contributed by atoms with van der Waals surface area (Å²) in [6, 6.07) is 0. The first-order chi connectivity index (χ1) is 7.40. The summed E-state index contributed by atoms with van der Waals surface area (Å²) in [6.07, 6.45) is 1.69. The van der Waals surface area contributed by atoms with Crippen LogP contribution in [0.15, 0.2) is 6.20 Å². The smallest absolute Gasteiger partial charge is 0.341 e. The fourth-order valence-corrected chi connectivity index (χ4v) is 1.43. The van der Waals surface area contributed by atoms with Gasteiger partial charge in [0.25, 0.3) is 0 Å². The van der Waals surface area contributed by atoms with Crippen molar-refractivity contribution in [2.45, 2.75) is 39.1 Å². The second-order valence-corrected chi connectivity index (χ2v) is 4.73. The Hall–Kier alpha value is -1.03. The van der Waals surface area contributed by atoms with Gasteiger partial charge in [-0.05, 0) is 27.7 Å². The lowest BCUT2D eigenvalue weighted by atomic mass is 10.1. The molecule has 1 heterocycles. The van der Waals surface area contributed by atoms with Crippen LogP contribution in [0.1, 0.15) is 43.7 Å². The van der Waals surface area contributed by atoms with E-state index in [1.165, 1.54) is 0 Å². The molecule has 0 saturated carbocycles. The molecule has 0 aliphatic heterocycles. The average Bonchev–Trinajstić information content (AvgIpc) is 2.61. The van der Waals surface area contributed by atoms with Crippen molar-refractivity contribution in [1.82, 2.24) is 9.78 Å². The van der Waals surface area contributed by atoms with Crippen LogP contribution in [0.4, 0.5) is 0 Å². The lowest BCUT2D eigenvalue weighted by Gasteiger charge is -2.18. The molecule has 0 aliphatic rings. The number of nitrogens with zero attached hydrogens (tertiary/aromatic N) is 2. The van der Waals surface area contributed by atoms with Crippen LogP contribution in [0, 0.1) is 0 Å². The second-order valence-electron chi connectivity index (χ2n) is 4.46. The van der Waals surface area contributed by atoms with E-state index in [1.54, 1.807) is 17.8 Å². The predicted octanol–water partition coefficient (Wildman–Crippen LogP) is 2.55. The van der Waals surface area contributed by atoms with Crippen LogP contribution < -0.4 is 0 Å². The molecule has 0 atom stereocenters. The van der Waals surface area contributed by atoms with E-state index in [-0.39, 0.29) is 17.4 Å². The third kappa shape index (κ3) is 2.76. The van der Waals surface area contributed by atoms with Crippen LogP contribution in [-0.2, 0) is 16.2 Å². The summed E-state index contributed by atoms with van der Waals surface area (Å²) < 4.78 is 6.68. The number of hydrogen-bond donors (Lipinski definition) is 0. The van der Waals surface area contributed by atoms with E-state index in [9.17, 15) is 4.79 Å². The number of esters is 1. The summed E-state index contributed by atoms with van der Waals surface area (Å²) in [5, 5.41) is 4.29. The third-order valence-electron chi connectivity index (χ3n) is 2.10. The van der Waals surface area contributed by atoms with Gasteiger partial charge in [-0.1, -0.05) is 0 Å². The zero-order valence-electron chi connectivity index (χ0n) is 10.1. The van der Waals surface area contributed by atoms with E-state index in [1.807, 2.05) is 20.8 Å². The molecule has 0 amide bonds. The van der Waals surface area contributed by atoms with Crippen molar-refractivity contribution < 1.29 is 9.53 Å². The van der Waals surface area contributed by atoms with Crippen LogP contribution in [0.5, 0.6) is 0 Å². The van der Waals surface area contributed by atoms with Gasteiger partial charge in [0, 0.05) is 6.20 Å². The molecule has 0 saturated heterocycles. The molecular formula is C11H17ClN2O2. The summed E-state index contributed by atoms with van der Waals surface area (Å²) in [4.78, 5) is 11.6. The topological polar surface area (TPSA) is 44.1 Å². The highest BCUT2D eigenvalue weighted by Gasteiger charge is 2.21. The second kappa shape index (κ2) is 4.87. The highest BCUT2D eigenvalue weighted by molar-refractivity contribution is 6.17. The lowest BCUT2D eigenvalue weighted by Crippen LogP contribution is -2.22. The summed E-state index contributed by atoms with van der Waals surface area (Å²) in [6.45, 7) is 8.14. The maximum Gasteiger partial charge on any atom is 0.341 e. The third-order valence-corrected chi connectivity index (χ3v) is 2.35. The van der Waals surface area contributed by atoms with Gasteiger partial charge in [-0.3, -0.25) is 4.68 Å². The van der Waals surface area contributed by atoms with Gasteiger partial charge < -0.3 is 4.74 Å². The van der Waals surface area contributed by atoms with Crippen molar-refractivity contribution in [3.05, 3.63) is 17.5 Å². The Balaban J connectivity index is 3.09. The molecule has 1 aromatic rings. The number of rotatable bonds is 3. The average molecular weight is 245 g/mol. The summed E-state index contributed by atoms with van der Waals surface area (Å²) in [5.74, 6) is -0.161. The van der Waals surface area contributed by atoms with Crippen LogP contribution in [0.2, 0.25) is 0 Å². The number of carbonyl (C=O) groups excluding carboxylic acids is 1. The van der Waals surface area contributed by atoms with Crippen molar-refractivity contribution in [3.63, 3.8) is 0 Å². The number of carbonyl (C=O) groups is 1. The molecule has 4 nitrogen and oxygen atoms in total. The van der Waals surface area contributed by atoms with Gasteiger partial charge in [0.05, 0.1) is 23.7 Å². The molecule has 0 radical (unpaired) electrons. The normalized spacial score (nSPS) is 11.6. The maximum absolute atomic E-state index is 11.6. The lowest BCUT2D eigenvalue weighted by molar-refractivity contribution is 0.0525. The zero-order valence-corrected chi connectivity index (χ0v) is 10.8. The fourth-order valence-electron chi connectivity index (χ4n) is 1.23. The van der Waals surface area contributed by atoms with Gasteiger partial charge in [0.2, 0.25) is 0 Å². The van der Waals surface area contributed by atoms with Crippen LogP contribution in [0.3, 0.4) is 0 Å². The number of halogens is 1. The standard InChI is InChI=1S/C11H17ClN2O2/c1-5-16-10(15)8-7-14(11(2,3)4)13-9(8)6-12/h7H,5-6H2,1-4H3. The number of hydrogen-bond acceptors (Lipinski definition) is 3.